The summed E-state index contributed by atoms with van der Waals surface area (Å²) in [6.45, 7) is 2.66. The summed E-state index contributed by atoms with van der Waals surface area (Å²) in [5.74, 6) is -1.08. The van der Waals surface area contributed by atoms with E-state index in [1.807, 2.05) is 48.5 Å². The Morgan fingerprint density at radius 2 is 0.756 bits per heavy atom. The van der Waals surface area contributed by atoms with Gasteiger partial charge < -0.3 is 35.4 Å². The summed E-state index contributed by atoms with van der Waals surface area (Å²) >= 11 is 0. The third-order valence-corrected chi connectivity index (χ3v) is 7.21. The van der Waals surface area contributed by atoms with Gasteiger partial charge in [-0.2, -0.15) is 0 Å². The number of carbonyl (C=O) groups is 4. The third-order valence-electron chi connectivity index (χ3n) is 7.21. The monoisotopic (exact) mass is 771 g/mol. The summed E-state index contributed by atoms with van der Waals surface area (Å²) in [6.07, 6.45) is 0. The maximum absolute atomic E-state index is 13.0. The molecular weight excluding hydrogens is 746 g/mol. The zero-order valence-electron chi connectivity index (χ0n) is 21.8. The van der Waals surface area contributed by atoms with Gasteiger partial charge >= 0.3 is 21.1 Å². The maximum atomic E-state index is 13.0. The van der Waals surface area contributed by atoms with Gasteiger partial charge in [0.2, 0.25) is 0 Å². The molecule has 0 atom stereocenters. The number of benzene rings is 4. The second-order valence-electron chi connectivity index (χ2n) is 9.44. The van der Waals surface area contributed by atoms with Crippen molar-refractivity contribution in [2.24, 2.45) is 0 Å². The average molecular weight is 773 g/mol. The Morgan fingerprint density at radius 1 is 0.463 bits per heavy atom. The zero-order valence-corrected chi connectivity index (χ0v) is 25.6. The van der Waals surface area contributed by atoms with Crippen molar-refractivity contribution >= 4 is 45.2 Å². The molecule has 6 rings (SSSR count). The minimum absolute atomic E-state index is 0. The molecule has 2 aliphatic heterocycles. The van der Waals surface area contributed by atoms with Gasteiger partial charge in [0.05, 0.1) is 0 Å². The minimum atomic E-state index is -0.271. The molecule has 0 fully saturated rings. The fraction of sp³-hybridized carbons (Fsp3) is 0.200. The van der Waals surface area contributed by atoms with Gasteiger partial charge in [0.15, 0.2) is 0 Å². The van der Waals surface area contributed by atoms with E-state index >= 15 is 0 Å². The molecule has 2 heterocycles. The fourth-order valence-electron chi connectivity index (χ4n) is 5.38. The summed E-state index contributed by atoms with van der Waals surface area (Å²) in [5, 5.41) is 9.73. The molecule has 0 bridgehead atoms. The van der Waals surface area contributed by atoms with Crippen molar-refractivity contribution < 1.29 is 65.1 Å². The molecule has 4 amide bonds. The van der Waals surface area contributed by atoms with Crippen molar-refractivity contribution in [3.63, 3.8) is 0 Å². The van der Waals surface area contributed by atoms with E-state index in [2.05, 4.69) is 10.6 Å². The Bertz CT molecular complexity index is 1430. The molecule has 4 aromatic carbocycles. The van der Waals surface area contributed by atoms with Crippen LogP contribution in [-0.4, -0.2) is 72.7 Å². The van der Waals surface area contributed by atoms with E-state index in [4.69, 9.17) is 0 Å². The molecule has 2 N–H and O–H groups in total. The van der Waals surface area contributed by atoms with Crippen LogP contribution in [-0.2, 0) is 21.1 Å². The molecule has 0 saturated carbocycles. The fourth-order valence-corrected chi connectivity index (χ4v) is 5.38. The number of amides is 4. The molecule has 41 heavy (non-hydrogen) atoms. The van der Waals surface area contributed by atoms with Gasteiger partial charge in [0.1, 0.15) is 0 Å². The van der Waals surface area contributed by atoms with Crippen LogP contribution < -0.4 is 35.4 Å². The standard InChI is InChI=1S/C30H26N4O4.2ClH.Pt/c35-27-21-9-1-5-19-6-2-10-22(25(19)21)28(36)33(27)17-15-31-13-14-32-16-18-34-29(37)23-11-3-7-20-8-4-12-24(26(20)23)30(34)38;;;/h1-12,31-32H,13-18H2;2*1H;/q;;;+2/p-2. The van der Waals surface area contributed by atoms with Gasteiger partial charge in [-0.05, 0) is 35.0 Å². The molecule has 0 aliphatic carbocycles. The van der Waals surface area contributed by atoms with Crippen molar-refractivity contribution in [2.75, 3.05) is 39.3 Å². The van der Waals surface area contributed by atoms with Gasteiger partial charge in [-0.3, -0.25) is 29.0 Å². The third kappa shape index (κ3) is 5.81. The van der Waals surface area contributed by atoms with E-state index in [-0.39, 0.29) is 82.6 Å². The van der Waals surface area contributed by atoms with Crippen molar-refractivity contribution in [2.45, 2.75) is 0 Å². The first-order valence-corrected chi connectivity index (χ1v) is 12.7. The first-order valence-electron chi connectivity index (χ1n) is 12.7. The van der Waals surface area contributed by atoms with E-state index in [1.54, 1.807) is 24.3 Å². The summed E-state index contributed by atoms with van der Waals surface area (Å²) < 4.78 is 0. The number of halogens is 2. The molecule has 11 heteroatoms. The van der Waals surface area contributed by atoms with E-state index in [0.29, 0.717) is 48.4 Å². The van der Waals surface area contributed by atoms with Gasteiger partial charge in [-0.15, -0.1) is 0 Å². The van der Waals surface area contributed by atoms with Crippen LogP contribution in [0.15, 0.2) is 72.8 Å². The minimum Gasteiger partial charge on any atom is -1.00 e. The smallest absolute Gasteiger partial charge is 1.00 e. The number of hydrogen-bond donors (Lipinski definition) is 2. The quantitative estimate of drug-likeness (QED) is 0.140. The Hall–Kier alpha value is -3.13. The molecular formula is C30H26Cl2N4O4Pt. The Morgan fingerprint density at radius 3 is 1.05 bits per heavy atom. The maximum Gasteiger partial charge on any atom is 2.00 e. The Kier molecular flexibility index (Phi) is 10.8. The molecule has 0 spiro atoms. The number of imide groups is 2. The van der Waals surface area contributed by atoms with Crippen LogP contribution in [0.4, 0.5) is 0 Å². The second kappa shape index (κ2) is 13.7. The normalized spacial score (nSPS) is 13.7. The van der Waals surface area contributed by atoms with Gasteiger partial charge in [0.25, 0.3) is 23.6 Å². The molecule has 0 aromatic heterocycles. The summed E-state index contributed by atoms with van der Waals surface area (Å²) in [7, 11) is 0. The molecule has 0 unspecified atom stereocenters. The first-order chi connectivity index (χ1) is 18.6. The predicted octanol–water partition coefficient (Wildman–Crippen LogP) is -2.93. The van der Waals surface area contributed by atoms with Crippen molar-refractivity contribution in [3.8, 4) is 0 Å². The van der Waals surface area contributed by atoms with Crippen LogP contribution in [0.5, 0.6) is 0 Å². The van der Waals surface area contributed by atoms with Crippen molar-refractivity contribution in [3.05, 3.63) is 95.1 Å². The second-order valence-corrected chi connectivity index (χ2v) is 9.44. The summed E-state index contributed by atoms with van der Waals surface area (Å²) in [6, 6.07) is 22.0. The van der Waals surface area contributed by atoms with E-state index in [1.165, 1.54) is 9.80 Å². The van der Waals surface area contributed by atoms with Gasteiger partial charge in [-0.1, -0.05) is 48.5 Å². The van der Waals surface area contributed by atoms with Crippen LogP contribution in [0.3, 0.4) is 0 Å². The molecule has 214 valence electrons. The summed E-state index contributed by atoms with van der Waals surface area (Å²) in [5.41, 5.74) is 2.22. The molecule has 0 radical (unpaired) electrons. The van der Waals surface area contributed by atoms with E-state index in [9.17, 15) is 19.2 Å². The van der Waals surface area contributed by atoms with Crippen LogP contribution in [0.1, 0.15) is 41.4 Å². The number of nitrogens with zero attached hydrogens (tertiary/aromatic N) is 2. The number of nitrogens with one attached hydrogen (secondary N) is 2. The van der Waals surface area contributed by atoms with E-state index < -0.39 is 0 Å². The molecule has 4 aromatic rings. The Balaban J connectivity index is 0.00000154. The van der Waals surface area contributed by atoms with Gasteiger partial charge in [-0.25, -0.2) is 0 Å². The van der Waals surface area contributed by atoms with Crippen LogP contribution in [0.25, 0.3) is 21.5 Å². The van der Waals surface area contributed by atoms with Gasteiger partial charge in [0, 0.05) is 72.3 Å². The topological polar surface area (TPSA) is 98.8 Å². The van der Waals surface area contributed by atoms with Crippen LogP contribution in [0.2, 0.25) is 0 Å². The largest absolute Gasteiger partial charge is 2.00 e. The van der Waals surface area contributed by atoms with E-state index in [0.717, 1.165) is 21.5 Å². The average Bonchev–Trinajstić information content (AvgIpc) is 2.94. The number of rotatable bonds is 9. The first kappa shape index (κ1) is 32.4. The zero-order chi connectivity index (χ0) is 26.2. The van der Waals surface area contributed by atoms with Crippen LogP contribution in [0, 0.1) is 0 Å². The molecule has 8 nitrogen and oxygen atoms in total. The molecule has 2 aliphatic rings. The molecule has 0 saturated heterocycles. The SMILES string of the molecule is O=C1c2cccc3cccc(c23)C(=O)N1CCNCCNCCN1C(=O)c2cccc3cccc(c23)C1=O.[Cl-].[Cl-].[Pt+2]. The van der Waals surface area contributed by atoms with Crippen LogP contribution >= 0.6 is 0 Å². The summed E-state index contributed by atoms with van der Waals surface area (Å²) in [4.78, 5) is 54.4. The van der Waals surface area contributed by atoms with Crippen molar-refractivity contribution in [1.82, 2.24) is 20.4 Å². The number of carbonyl (C=O) groups excluding carboxylic acids is 4. The Labute approximate surface area is 263 Å². The number of hydrogen-bond acceptors (Lipinski definition) is 6. The predicted molar refractivity (Wildman–Crippen MR) is 144 cm³/mol. The van der Waals surface area contributed by atoms with Crippen molar-refractivity contribution in [1.29, 1.82) is 0 Å².